The van der Waals surface area contributed by atoms with Gasteiger partial charge in [0.05, 0.1) is 5.56 Å². The smallest absolute Gasteiger partial charge is 0.416 e. The zero-order valence-corrected chi connectivity index (χ0v) is 10.8. The molecule has 0 fully saturated rings. The number of oxazole rings is 1. The summed E-state index contributed by atoms with van der Waals surface area (Å²) >= 11 is 0. The van der Waals surface area contributed by atoms with Crippen LogP contribution in [0.25, 0.3) is 11.5 Å². The van der Waals surface area contributed by atoms with E-state index >= 15 is 0 Å². The van der Waals surface area contributed by atoms with Crippen LogP contribution in [0, 0.1) is 0 Å². The van der Waals surface area contributed by atoms with Crippen molar-refractivity contribution in [3.63, 3.8) is 0 Å². The number of urea groups is 1. The van der Waals surface area contributed by atoms with Gasteiger partial charge in [-0.3, -0.25) is 10.1 Å². The number of primary amides is 2. The summed E-state index contributed by atoms with van der Waals surface area (Å²) in [5, 5.41) is 2.01. The zero-order valence-electron chi connectivity index (χ0n) is 10.8. The van der Waals surface area contributed by atoms with Crippen LogP contribution in [0.3, 0.4) is 0 Å². The predicted octanol–water partition coefficient (Wildman–Crippen LogP) is 1.95. The van der Waals surface area contributed by atoms with Gasteiger partial charge in [-0.05, 0) is 24.3 Å². The molecule has 0 aliphatic carbocycles. The van der Waals surface area contributed by atoms with E-state index in [9.17, 15) is 22.8 Å². The van der Waals surface area contributed by atoms with E-state index in [1.165, 1.54) is 0 Å². The number of alkyl halides is 3. The van der Waals surface area contributed by atoms with E-state index in [-0.39, 0.29) is 17.3 Å². The van der Waals surface area contributed by atoms with Crippen LogP contribution in [0.2, 0.25) is 0 Å². The number of carbonyl (C=O) groups is 2. The lowest BCUT2D eigenvalue weighted by Gasteiger charge is -2.06. The molecule has 1 aromatic heterocycles. The molecule has 0 atom stereocenters. The average Bonchev–Trinajstić information content (AvgIpc) is 2.81. The number of nitrogens with zero attached hydrogens (tertiary/aromatic N) is 1. The van der Waals surface area contributed by atoms with Gasteiger partial charge in [-0.25, -0.2) is 9.78 Å². The maximum atomic E-state index is 12.5. The summed E-state index contributed by atoms with van der Waals surface area (Å²) in [5.41, 5.74) is 8.87. The van der Waals surface area contributed by atoms with Crippen LogP contribution in [-0.2, 0) is 6.18 Å². The molecule has 7 nitrogen and oxygen atoms in total. The Morgan fingerprint density at radius 1 is 1.14 bits per heavy atom. The van der Waals surface area contributed by atoms with Crippen molar-refractivity contribution in [2.24, 2.45) is 11.5 Å². The van der Waals surface area contributed by atoms with Crippen molar-refractivity contribution in [1.29, 1.82) is 0 Å². The van der Waals surface area contributed by atoms with Crippen LogP contribution in [0.5, 0.6) is 0 Å². The van der Waals surface area contributed by atoms with Crippen LogP contribution >= 0.6 is 0 Å². The van der Waals surface area contributed by atoms with Crippen molar-refractivity contribution in [3.8, 4) is 11.5 Å². The van der Waals surface area contributed by atoms with E-state index in [0.717, 1.165) is 24.3 Å². The fourth-order valence-electron chi connectivity index (χ4n) is 1.61. The van der Waals surface area contributed by atoms with Crippen LogP contribution in [0.4, 0.5) is 23.8 Å². The van der Waals surface area contributed by atoms with Gasteiger partial charge in [-0.2, -0.15) is 13.2 Å². The quantitative estimate of drug-likeness (QED) is 0.800. The monoisotopic (exact) mass is 314 g/mol. The SMILES string of the molecule is NC(=O)Nc1oc(-c2ccc(C(F)(F)F)cc2)nc1C(N)=O. The normalized spacial score (nSPS) is 11.2. The largest absolute Gasteiger partial charge is 0.419 e. The Bertz CT molecular complexity index is 722. The number of nitrogens with two attached hydrogens (primary N) is 2. The summed E-state index contributed by atoms with van der Waals surface area (Å²) in [6.45, 7) is 0. The number of aromatic nitrogens is 1. The minimum Gasteiger partial charge on any atom is -0.419 e. The second kappa shape index (κ2) is 5.39. The van der Waals surface area contributed by atoms with Gasteiger partial charge in [0.15, 0.2) is 5.69 Å². The molecule has 1 heterocycles. The molecule has 0 spiro atoms. The van der Waals surface area contributed by atoms with E-state index in [2.05, 4.69) is 4.98 Å². The number of carbonyl (C=O) groups excluding carboxylic acids is 2. The Balaban J connectivity index is 2.40. The summed E-state index contributed by atoms with van der Waals surface area (Å²) in [6.07, 6.45) is -4.48. The fraction of sp³-hybridized carbons (Fsp3) is 0.0833. The van der Waals surface area contributed by atoms with Crippen molar-refractivity contribution >= 4 is 17.8 Å². The van der Waals surface area contributed by atoms with Gasteiger partial charge in [0.1, 0.15) is 0 Å². The van der Waals surface area contributed by atoms with Crippen molar-refractivity contribution in [2.45, 2.75) is 6.18 Å². The number of halogens is 3. The molecule has 0 radical (unpaired) electrons. The van der Waals surface area contributed by atoms with Crippen molar-refractivity contribution in [1.82, 2.24) is 4.98 Å². The van der Waals surface area contributed by atoms with Crippen LogP contribution in [0.15, 0.2) is 28.7 Å². The minimum absolute atomic E-state index is 0.160. The maximum absolute atomic E-state index is 12.5. The number of benzene rings is 1. The number of hydrogen-bond acceptors (Lipinski definition) is 4. The second-order valence-electron chi connectivity index (χ2n) is 4.13. The maximum Gasteiger partial charge on any atom is 0.416 e. The number of anilines is 1. The highest BCUT2D eigenvalue weighted by molar-refractivity contribution is 5.99. The lowest BCUT2D eigenvalue weighted by molar-refractivity contribution is -0.137. The molecule has 10 heteroatoms. The van der Waals surface area contributed by atoms with E-state index in [1.807, 2.05) is 5.32 Å². The van der Waals surface area contributed by atoms with Crippen LogP contribution in [-0.4, -0.2) is 16.9 Å². The first kappa shape index (κ1) is 15.4. The molecular weight excluding hydrogens is 305 g/mol. The second-order valence-corrected chi connectivity index (χ2v) is 4.13. The third kappa shape index (κ3) is 3.16. The zero-order chi connectivity index (χ0) is 16.5. The standard InChI is InChI=1S/C12H9F3N4O3/c13-12(14,15)6-3-1-5(2-4-6)9-18-7(8(16)20)10(22-9)19-11(17)21/h1-4H,(H2,16,20)(H3,17,19,21). The molecule has 0 bridgehead atoms. The Hall–Kier alpha value is -3.04. The van der Waals surface area contributed by atoms with Gasteiger partial charge in [0.2, 0.25) is 11.8 Å². The molecule has 0 saturated heterocycles. The summed E-state index contributed by atoms with van der Waals surface area (Å²) in [4.78, 5) is 25.7. The molecule has 116 valence electrons. The summed E-state index contributed by atoms with van der Waals surface area (Å²) in [7, 11) is 0. The van der Waals surface area contributed by atoms with Gasteiger partial charge in [0.25, 0.3) is 5.91 Å². The van der Waals surface area contributed by atoms with Crippen molar-refractivity contribution in [3.05, 3.63) is 35.5 Å². The predicted molar refractivity (Wildman–Crippen MR) is 68.7 cm³/mol. The van der Waals surface area contributed by atoms with E-state index in [1.54, 1.807) is 0 Å². The lowest BCUT2D eigenvalue weighted by atomic mass is 10.1. The third-order valence-electron chi connectivity index (χ3n) is 2.56. The first-order chi connectivity index (χ1) is 10.2. The summed E-state index contributed by atoms with van der Waals surface area (Å²) < 4.78 is 42.5. The van der Waals surface area contributed by atoms with Crippen molar-refractivity contribution < 1.29 is 27.2 Å². The molecule has 22 heavy (non-hydrogen) atoms. The number of hydrogen-bond donors (Lipinski definition) is 3. The average molecular weight is 314 g/mol. The molecule has 1 aromatic carbocycles. The molecule has 0 saturated carbocycles. The van der Waals surface area contributed by atoms with Gasteiger partial charge < -0.3 is 15.9 Å². The van der Waals surface area contributed by atoms with E-state index in [4.69, 9.17) is 15.9 Å². The molecule has 0 unspecified atom stereocenters. The van der Waals surface area contributed by atoms with Gasteiger partial charge >= 0.3 is 12.2 Å². The third-order valence-corrected chi connectivity index (χ3v) is 2.56. The fourth-order valence-corrected chi connectivity index (χ4v) is 1.61. The number of rotatable bonds is 3. The number of amides is 3. The molecular formula is C12H9F3N4O3. The molecule has 0 aliphatic rings. The molecule has 0 aliphatic heterocycles. The van der Waals surface area contributed by atoms with Crippen LogP contribution in [0.1, 0.15) is 16.1 Å². The minimum atomic E-state index is -4.48. The van der Waals surface area contributed by atoms with Crippen LogP contribution < -0.4 is 16.8 Å². The first-order valence-electron chi connectivity index (χ1n) is 5.73. The topological polar surface area (TPSA) is 124 Å². The van der Waals surface area contributed by atoms with Gasteiger partial charge in [-0.15, -0.1) is 0 Å². The molecule has 3 amide bonds. The summed E-state index contributed by atoms with van der Waals surface area (Å²) in [5.74, 6) is -1.56. The molecule has 2 rings (SSSR count). The highest BCUT2D eigenvalue weighted by Gasteiger charge is 2.30. The van der Waals surface area contributed by atoms with E-state index < -0.39 is 29.4 Å². The Morgan fingerprint density at radius 3 is 2.18 bits per heavy atom. The molecule has 5 N–H and O–H groups in total. The Kier molecular flexibility index (Phi) is 3.76. The van der Waals surface area contributed by atoms with Gasteiger partial charge in [-0.1, -0.05) is 0 Å². The highest BCUT2D eigenvalue weighted by Crippen LogP contribution is 2.31. The lowest BCUT2D eigenvalue weighted by Crippen LogP contribution is -2.22. The Morgan fingerprint density at radius 2 is 1.73 bits per heavy atom. The first-order valence-corrected chi connectivity index (χ1v) is 5.73. The Labute approximate surface area is 121 Å². The molecule has 2 aromatic rings. The van der Waals surface area contributed by atoms with Gasteiger partial charge in [0, 0.05) is 5.56 Å². The summed E-state index contributed by atoms with van der Waals surface area (Å²) in [6, 6.07) is 2.84. The van der Waals surface area contributed by atoms with E-state index in [0.29, 0.717) is 0 Å². The number of nitrogens with one attached hydrogen (secondary N) is 1. The highest BCUT2D eigenvalue weighted by atomic mass is 19.4. The van der Waals surface area contributed by atoms with Crippen molar-refractivity contribution in [2.75, 3.05) is 5.32 Å².